The highest BCUT2D eigenvalue weighted by Gasteiger charge is 2.22. The first-order chi connectivity index (χ1) is 10.1. The quantitative estimate of drug-likeness (QED) is 0.842. The molecular weight excluding hydrogens is 306 g/mol. The molecule has 1 amide bonds. The highest BCUT2D eigenvalue weighted by molar-refractivity contribution is 6.31. The fourth-order valence-corrected chi connectivity index (χ4v) is 2.00. The molecular formula is C16H22ClNO4. The van der Waals surface area contributed by atoms with Gasteiger partial charge in [0.15, 0.2) is 0 Å². The Bertz CT molecular complexity index is 552. The van der Waals surface area contributed by atoms with E-state index in [1.54, 1.807) is 25.1 Å². The molecule has 1 aromatic rings. The number of carboxylic acid groups (broad SMARTS) is 1. The van der Waals surface area contributed by atoms with Crippen LogP contribution in [-0.4, -0.2) is 35.2 Å². The Labute approximate surface area is 135 Å². The second kappa shape index (κ2) is 7.61. The topological polar surface area (TPSA) is 75.6 Å². The Kier molecular flexibility index (Phi) is 6.38. The molecule has 0 bridgehead atoms. The molecule has 1 rings (SSSR count). The third-order valence-corrected chi connectivity index (χ3v) is 3.47. The van der Waals surface area contributed by atoms with Gasteiger partial charge in [0, 0.05) is 23.6 Å². The van der Waals surface area contributed by atoms with Crippen molar-refractivity contribution in [3.63, 3.8) is 0 Å². The lowest BCUT2D eigenvalue weighted by Gasteiger charge is -2.21. The Morgan fingerprint density at radius 1 is 1.36 bits per heavy atom. The summed E-state index contributed by atoms with van der Waals surface area (Å²) in [6.07, 6.45) is 0.192. The van der Waals surface area contributed by atoms with E-state index in [-0.39, 0.29) is 18.6 Å². The first-order valence-electron chi connectivity index (χ1n) is 7.04. The van der Waals surface area contributed by atoms with E-state index >= 15 is 0 Å². The number of carbonyl (C=O) groups is 2. The smallest absolute Gasteiger partial charge is 0.326 e. The molecule has 0 aliphatic rings. The van der Waals surface area contributed by atoms with E-state index in [9.17, 15) is 14.7 Å². The number of carbonyl (C=O) groups excluding carboxylic acids is 1. The zero-order valence-corrected chi connectivity index (χ0v) is 14.0. The lowest BCUT2D eigenvalue weighted by molar-refractivity contribution is -0.140. The fraction of sp³-hybridized carbons (Fsp3) is 0.500. The van der Waals surface area contributed by atoms with Gasteiger partial charge in [-0.25, -0.2) is 4.79 Å². The maximum absolute atomic E-state index is 12.2. The summed E-state index contributed by atoms with van der Waals surface area (Å²) in [5.74, 6) is -1.55. The number of nitrogens with one attached hydrogen (secondary N) is 1. The predicted octanol–water partition coefficient (Wildman–Crippen LogP) is 3.04. The predicted molar refractivity (Wildman–Crippen MR) is 85.4 cm³/mol. The first-order valence-corrected chi connectivity index (χ1v) is 7.42. The molecule has 1 atom stereocenters. The van der Waals surface area contributed by atoms with Gasteiger partial charge in [-0.15, -0.1) is 0 Å². The average molecular weight is 328 g/mol. The normalized spacial score (nSPS) is 12.8. The highest BCUT2D eigenvalue weighted by atomic mass is 35.5. The summed E-state index contributed by atoms with van der Waals surface area (Å²) < 4.78 is 5.50. The number of hydrogen-bond donors (Lipinski definition) is 2. The Balaban J connectivity index is 2.72. The molecule has 0 aliphatic heterocycles. The summed E-state index contributed by atoms with van der Waals surface area (Å²) in [4.78, 5) is 23.5. The lowest BCUT2D eigenvalue weighted by Crippen LogP contribution is -2.42. The molecule has 0 aliphatic carbocycles. The van der Waals surface area contributed by atoms with Crippen molar-refractivity contribution < 1.29 is 19.4 Å². The van der Waals surface area contributed by atoms with Gasteiger partial charge in [-0.3, -0.25) is 4.79 Å². The molecule has 1 aromatic carbocycles. The van der Waals surface area contributed by atoms with Crippen molar-refractivity contribution in [1.29, 1.82) is 0 Å². The molecule has 0 heterocycles. The van der Waals surface area contributed by atoms with Crippen LogP contribution in [0.1, 0.15) is 43.1 Å². The van der Waals surface area contributed by atoms with E-state index in [2.05, 4.69) is 5.32 Å². The van der Waals surface area contributed by atoms with Crippen molar-refractivity contribution in [2.24, 2.45) is 0 Å². The van der Waals surface area contributed by atoms with Gasteiger partial charge in [0.1, 0.15) is 6.04 Å². The van der Waals surface area contributed by atoms with E-state index in [0.717, 1.165) is 0 Å². The number of benzene rings is 1. The van der Waals surface area contributed by atoms with Crippen molar-refractivity contribution in [2.75, 3.05) is 6.61 Å². The lowest BCUT2D eigenvalue weighted by atomic mass is 10.1. The van der Waals surface area contributed by atoms with Gasteiger partial charge >= 0.3 is 5.97 Å². The molecule has 0 aromatic heterocycles. The number of ether oxygens (including phenoxy) is 1. The summed E-state index contributed by atoms with van der Waals surface area (Å²) in [6.45, 7) is 7.62. The zero-order chi connectivity index (χ0) is 16.9. The third-order valence-electron chi connectivity index (χ3n) is 3.06. The van der Waals surface area contributed by atoms with Crippen molar-refractivity contribution >= 4 is 23.5 Å². The van der Waals surface area contributed by atoms with Crippen LogP contribution in [-0.2, 0) is 9.53 Å². The summed E-state index contributed by atoms with van der Waals surface area (Å²) in [6, 6.07) is 3.94. The van der Waals surface area contributed by atoms with Crippen molar-refractivity contribution in [3.8, 4) is 0 Å². The largest absolute Gasteiger partial charge is 0.480 e. The fourth-order valence-electron chi connectivity index (χ4n) is 1.83. The number of halogens is 1. The molecule has 0 saturated carbocycles. The Morgan fingerprint density at radius 2 is 2.00 bits per heavy atom. The van der Waals surface area contributed by atoms with E-state index in [4.69, 9.17) is 16.3 Å². The number of hydrogen-bond acceptors (Lipinski definition) is 3. The molecule has 2 N–H and O–H groups in total. The highest BCUT2D eigenvalue weighted by Crippen LogP contribution is 2.18. The van der Waals surface area contributed by atoms with Gasteiger partial charge in [0.25, 0.3) is 5.91 Å². The van der Waals surface area contributed by atoms with Crippen LogP contribution in [0.3, 0.4) is 0 Å². The van der Waals surface area contributed by atoms with Crippen LogP contribution >= 0.6 is 11.6 Å². The zero-order valence-electron chi connectivity index (χ0n) is 13.3. The molecule has 0 fully saturated rings. The standard InChI is InChI=1S/C16H22ClNO4/c1-10-11(6-5-7-12(10)17)14(19)18-13(15(20)21)8-9-22-16(2,3)4/h5-7,13H,8-9H2,1-4H3,(H,18,19)(H,20,21). The molecule has 1 unspecified atom stereocenters. The monoisotopic (exact) mass is 327 g/mol. The van der Waals surface area contributed by atoms with Gasteiger partial charge in [-0.1, -0.05) is 17.7 Å². The molecule has 0 radical (unpaired) electrons. The molecule has 6 heteroatoms. The maximum atomic E-state index is 12.2. The number of carboxylic acids is 1. The van der Waals surface area contributed by atoms with Crippen molar-refractivity contribution in [2.45, 2.75) is 45.8 Å². The summed E-state index contributed by atoms with van der Waals surface area (Å²) in [5.41, 5.74) is 0.642. The number of amides is 1. The Hall–Kier alpha value is -1.59. The minimum atomic E-state index is -1.09. The van der Waals surface area contributed by atoms with Crippen LogP contribution in [0.5, 0.6) is 0 Å². The average Bonchev–Trinajstić information content (AvgIpc) is 2.39. The second-order valence-corrected chi connectivity index (χ2v) is 6.43. The summed E-state index contributed by atoms with van der Waals surface area (Å²) >= 11 is 5.97. The van der Waals surface area contributed by atoms with Gasteiger partial charge in [0.05, 0.1) is 5.60 Å². The summed E-state index contributed by atoms with van der Waals surface area (Å²) in [7, 11) is 0. The van der Waals surface area contributed by atoms with Crippen molar-refractivity contribution in [3.05, 3.63) is 34.3 Å². The van der Waals surface area contributed by atoms with Crippen LogP contribution in [0.25, 0.3) is 0 Å². The second-order valence-electron chi connectivity index (χ2n) is 6.03. The Morgan fingerprint density at radius 3 is 2.55 bits per heavy atom. The van der Waals surface area contributed by atoms with E-state index in [0.29, 0.717) is 16.1 Å². The SMILES string of the molecule is Cc1c(Cl)cccc1C(=O)NC(CCOC(C)(C)C)C(=O)O. The van der Waals surface area contributed by atoms with Gasteiger partial charge in [0.2, 0.25) is 0 Å². The molecule has 5 nitrogen and oxygen atoms in total. The number of rotatable bonds is 6. The van der Waals surface area contributed by atoms with Crippen LogP contribution in [0, 0.1) is 6.92 Å². The molecule has 0 spiro atoms. The third kappa shape index (κ3) is 5.66. The van der Waals surface area contributed by atoms with E-state index in [1.807, 2.05) is 20.8 Å². The molecule has 0 saturated heterocycles. The first kappa shape index (κ1) is 18.5. The van der Waals surface area contributed by atoms with Crippen molar-refractivity contribution in [1.82, 2.24) is 5.32 Å². The van der Waals surface area contributed by atoms with Gasteiger partial charge in [-0.05, 0) is 45.4 Å². The minimum absolute atomic E-state index is 0.192. The van der Waals surface area contributed by atoms with E-state index < -0.39 is 17.9 Å². The van der Waals surface area contributed by atoms with Gasteiger partial charge in [-0.2, -0.15) is 0 Å². The van der Waals surface area contributed by atoms with Crippen LogP contribution in [0.15, 0.2) is 18.2 Å². The van der Waals surface area contributed by atoms with Gasteiger partial charge < -0.3 is 15.2 Å². The maximum Gasteiger partial charge on any atom is 0.326 e. The molecule has 122 valence electrons. The van der Waals surface area contributed by atoms with Crippen LogP contribution in [0.2, 0.25) is 5.02 Å². The summed E-state index contributed by atoms with van der Waals surface area (Å²) in [5, 5.41) is 12.2. The van der Waals surface area contributed by atoms with Crippen LogP contribution < -0.4 is 5.32 Å². The minimum Gasteiger partial charge on any atom is -0.480 e. The van der Waals surface area contributed by atoms with Crippen LogP contribution in [0.4, 0.5) is 0 Å². The number of aliphatic carboxylic acids is 1. The molecule has 22 heavy (non-hydrogen) atoms. The van der Waals surface area contributed by atoms with E-state index in [1.165, 1.54) is 0 Å².